The van der Waals surface area contributed by atoms with Gasteiger partial charge in [-0.25, -0.2) is 0 Å². The van der Waals surface area contributed by atoms with E-state index in [1.54, 1.807) is 30.8 Å². The van der Waals surface area contributed by atoms with E-state index in [1.807, 2.05) is 30.3 Å². The summed E-state index contributed by atoms with van der Waals surface area (Å²) in [6.07, 6.45) is 1.77. The number of hydrogen-bond donors (Lipinski definition) is 2. The van der Waals surface area contributed by atoms with Crippen LogP contribution in [-0.2, 0) is 7.05 Å². The SMILES string of the molecule is CC(=O)c1cc(C(=O)NCC(CC(C)O)c2ccccc2)n(C)c1. The second-order valence-electron chi connectivity index (χ2n) is 6.18. The van der Waals surface area contributed by atoms with Crippen LogP contribution < -0.4 is 5.32 Å². The first-order valence-corrected chi connectivity index (χ1v) is 8.07. The van der Waals surface area contributed by atoms with Gasteiger partial charge in [-0.1, -0.05) is 30.3 Å². The number of hydrogen-bond acceptors (Lipinski definition) is 3. The van der Waals surface area contributed by atoms with E-state index in [2.05, 4.69) is 5.32 Å². The van der Waals surface area contributed by atoms with Gasteiger partial charge >= 0.3 is 0 Å². The molecule has 1 heterocycles. The van der Waals surface area contributed by atoms with Gasteiger partial charge in [-0.05, 0) is 31.9 Å². The van der Waals surface area contributed by atoms with E-state index in [-0.39, 0.29) is 17.6 Å². The summed E-state index contributed by atoms with van der Waals surface area (Å²) in [5, 5.41) is 12.6. The van der Waals surface area contributed by atoms with Crippen LogP contribution in [0.4, 0.5) is 0 Å². The standard InChI is InChI=1S/C19H24N2O3/c1-13(22)9-16(15-7-5-4-6-8-15)11-20-19(24)18-10-17(14(2)23)12-21(18)3/h4-8,10,12-13,16,22H,9,11H2,1-3H3,(H,20,24). The van der Waals surface area contributed by atoms with E-state index in [0.717, 1.165) is 5.56 Å². The molecule has 0 radical (unpaired) electrons. The highest BCUT2D eigenvalue weighted by molar-refractivity contribution is 5.99. The number of amides is 1. The van der Waals surface area contributed by atoms with Gasteiger partial charge in [0.15, 0.2) is 5.78 Å². The molecule has 0 saturated heterocycles. The number of rotatable bonds is 7. The molecule has 0 aliphatic carbocycles. The fourth-order valence-electron chi connectivity index (χ4n) is 2.76. The third kappa shape index (κ3) is 4.55. The summed E-state index contributed by atoms with van der Waals surface area (Å²) in [5.74, 6) is -0.264. The maximum atomic E-state index is 12.4. The first kappa shape index (κ1) is 17.9. The minimum atomic E-state index is -0.452. The average molecular weight is 328 g/mol. The van der Waals surface area contributed by atoms with Crippen molar-refractivity contribution in [3.05, 3.63) is 59.4 Å². The lowest BCUT2D eigenvalue weighted by Crippen LogP contribution is -2.30. The van der Waals surface area contributed by atoms with Gasteiger partial charge in [0.2, 0.25) is 0 Å². The molecule has 2 aromatic rings. The molecule has 0 fully saturated rings. The van der Waals surface area contributed by atoms with Crippen LogP contribution in [-0.4, -0.2) is 34.0 Å². The summed E-state index contributed by atoms with van der Waals surface area (Å²) in [7, 11) is 1.74. The van der Waals surface area contributed by atoms with Crippen LogP contribution in [0, 0.1) is 0 Å². The van der Waals surface area contributed by atoms with Crippen molar-refractivity contribution in [1.82, 2.24) is 9.88 Å². The molecule has 1 aromatic carbocycles. The molecule has 5 nitrogen and oxygen atoms in total. The molecule has 2 atom stereocenters. The van der Waals surface area contributed by atoms with Gasteiger partial charge in [0.05, 0.1) is 6.10 Å². The van der Waals surface area contributed by atoms with Crippen molar-refractivity contribution in [2.24, 2.45) is 7.05 Å². The number of aliphatic hydroxyl groups excluding tert-OH is 1. The van der Waals surface area contributed by atoms with Gasteiger partial charge in [0.25, 0.3) is 5.91 Å². The molecule has 24 heavy (non-hydrogen) atoms. The fourth-order valence-corrected chi connectivity index (χ4v) is 2.76. The normalized spacial score (nSPS) is 13.3. The van der Waals surface area contributed by atoms with Crippen LogP contribution >= 0.6 is 0 Å². The van der Waals surface area contributed by atoms with Crippen LogP contribution in [0.15, 0.2) is 42.6 Å². The molecule has 2 unspecified atom stereocenters. The number of benzene rings is 1. The Morgan fingerprint density at radius 3 is 2.46 bits per heavy atom. The van der Waals surface area contributed by atoms with E-state index >= 15 is 0 Å². The Morgan fingerprint density at radius 2 is 1.92 bits per heavy atom. The Morgan fingerprint density at radius 1 is 1.25 bits per heavy atom. The maximum absolute atomic E-state index is 12.4. The predicted octanol–water partition coefficient (Wildman–Crippen LogP) is 2.51. The minimum absolute atomic E-state index is 0.0303. The monoisotopic (exact) mass is 328 g/mol. The number of aryl methyl sites for hydroxylation is 1. The lowest BCUT2D eigenvalue weighted by molar-refractivity contribution is 0.0937. The quantitative estimate of drug-likeness (QED) is 0.767. The minimum Gasteiger partial charge on any atom is -0.393 e. The molecule has 0 spiro atoms. The first-order valence-electron chi connectivity index (χ1n) is 8.07. The molecule has 2 N–H and O–H groups in total. The molecule has 5 heteroatoms. The van der Waals surface area contributed by atoms with E-state index in [1.165, 1.54) is 6.92 Å². The van der Waals surface area contributed by atoms with E-state index in [4.69, 9.17) is 0 Å². The molecular weight excluding hydrogens is 304 g/mol. The van der Waals surface area contributed by atoms with Gasteiger partial charge in [-0.15, -0.1) is 0 Å². The number of Topliss-reactive ketones (excluding diaryl/α,β-unsaturated/α-hetero) is 1. The summed E-state index contributed by atoms with van der Waals surface area (Å²) >= 11 is 0. The molecule has 0 bridgehead atoms. The van der Waals surface area contributed by atoms with Gasteiger partial charge in [-0.2, -0.15) is 0 Å². The molecular formula is C19H24N2O3. The topological polar surface area (TPSA) is 71.3 Å². The lowest BCUT2D eigenvalue weighted by atomic mass is 9.93. The highest BCUT2D eigenvalue weighted by Crippen LogP contribution is 2.20. The number of aromatic nitrogens is 1. The van der Waals surface area contributed by atoms with Crippen LogP contribution in [0.25, 0.3) is 0 Å². The number of nitrogens with zero attached hydrogens (tertiary/aromatic N) is 1. The average Bonchev–Trinajstić information content (AvgIpc) is 2.94. The summed E-state index contributed by atoms with van der Waals surface area (Å²) in [6, 6.07) is 11.4. The number of nitrogens with one attached hydrogen (secondary N) is 1. The Bertz CT molecular complexity index is 705. The third-order valence-corrected chi connectivity index (χ3v) is 4.05. The Kier molecular flexibility index (Phi) is 5.93. The smallest absolute Gasteiger partial charge is 0.267 e. The highest BCUT2D eigenvalue weighted by Gasteiger charge is 2.18. The lowest BCUT2D eigenvalue weighted by Gasteiger charge is -2.19. The zero-order chi connectivity index (χ0) is 17.7. The highest BCUT2D eigenvalue weighted by atomic mass is 16.3. The van der Waals surface area contributed by atoms with Crippen LogP contribution in [0.3, 0.4) is 0 Å². The summed E-state index contributed by atoms with van der Waals surface area (Å²) in [6.45, 7) is 3.65. The fraction of sp³-hybridized carbons (Fsp3) is 0.368. The summed E-state index contributed by atoms with van der Waals surface area (Å²) in [5.41, 5.74) is 2.05. The number of carbonyl (C=O) groups excluding carboxylic acids is 2. The van der Waals surface area contributed by atoms with E-state index < -0.39 is 6.10 Å². The molecule has 1 amide bonds. The van der Waals surface area contributed by atoms with Gasteiger partial charge < -0.3 is 15.0 Å². The Balaban J connectivity index is 2.08. The van der Waals surface area contributed by atoms with Crippen molar-refractivity contribution >= 4 is 11.7 Å². The number of carbonyl (C=O) groups is 2. The molecule has 1 aromatic heterocycles. The van der Waals surface area contributed by atoms with Crippen molar-refractivity contribution in [2.45, 2.75) is 32.3 Å². The molecule has 0 aliphatic rings. The number of aliphatic hydroxyl groups is 1. The van der Waals surface area contributed by atoms with Crippen LogP contribution in [0.5, 0.6) is 0 Å². The van der Waals surface area contributed by atoms with Gasteiger partial charge in [0, 0.05) is 31.3 Å². The van der Waals surface area contributed by atoms with Crippen molar-refractivity contribution in [3.8, 4) is 0 Å². The van der Waals surface area contributed by atoms with Crippen molar-refractivity contribution in [2.75, 3.05) is 6.54 Å². The second kappa shape index (κ2) is 7.93. The van der Waals surface area contributed by atoms with Crippen molar-refractivity contribution < 1.29 is 14.7 Å². The Labute approximate surface area is 142 Å². The Hall–Kier alpha value is -2.40. The zero-order valence-corrected chi connectivity index (χ0v) is 14.3. The van der Waals surface area contributed by atoms with Crippen molar-refractivity contribution in [3.63, 3.8) is 0 Å². The van der Waals surface area contributed by atoms with Crippen LogP contribution in [0.2, 0.25) is 0 Å². The van der Waals surface area contributed by atoms with Crippen LogP contribution in [0.1, 0.15) is 52.6 Å². The second-order valence-corrected chi connectivity index (χ2v) is 6.18. The third-order valence-electron chi connectivity index (χ3n) is 4.05. The number of ketones is 1. The predicted molar refractivity (Wildman–Crippen MR) is 93.2 cm³/mol. The van der Waals surface area contributed by atoms with Crippen molar-refractivity contribution in [1.29, 1.82) is 0 Å². The largest absolute Gasteiger partial charge is 0.393 e. The first-order chi connectivity index (χ1) is 11.4. The molecule has 0 saturated carbocycles. The van der Waals surface area contributed by atoms with E-state index in [9.17, 15) is 14.7 Å². The summed E-state index contributed by atoms with van der Waals surface area (Å²) in [4.78, 5) is 23.9. The zero-order valence-electron chi connectivity index (χ0n) is 14.3. The molecule has 128 valence electrons. The maximum Gasteiger partial charge on any atom is 0.267 e. The molecule has 0 aliphatic heterocycles. The van der Waals surface area contributed by atoms with E-state index in [0.29, 0.717) is 24.2 Å². The molecule has 2 rings (SSSR count). The van der Waals surface area contributed by atoms with Gasteiger partial charge in [0.1, 0.15) is 5.69 Å². The van der Waals surface area contributed by atoms with Gasteiger partial charge in [-0.3, -0.25) is 9.59 Å². The summed E-state index contributed by atoms with van der Waals surface area (Å²) < 4.78 is 1.65.